The van der Waals surface area contributed by atoms with Gasteiger partial charge in [-0.05, 0) is 43.7 Å². The zero-order valence-corrected chi connectivity index (χ0v) is 11.1. The number of nitrogens with zero attached hydrogens (tertiary/aromatic N) is 1. The Bertz CT molecular complexity index is 419. The van der Waals surface area contributed by atoms with Gasteiger partial charge in [0.05, 0.1) is 20.3 Å². The number of rotatable bonds is 5. The van der Waals surface area contributed by atoms with Crippen LogP contribution in [0.1, 0.15) is 12.8 Å². The van der Waals surface area contributed by atoms with Gasteiger partial charge < -0.3 is 15.2 Å². The van der Waals surface area contributed by atoms with Crippen molar-refractivity contribution in [3.63, 3.8) is 0 Å². The molecule has 1 fully saturated rings. The molecule has 0 radical (unpaired) electrons. The summed E-state index contributed by atoms with van der Waals surface area (Å²) in [6, 6.07) is 7.36. The standard InChI is InChI=1S/C14H20N2O3/c1-19-13-6-4-11(5-7-13)15-14(18)9-16-8-2-3-12(16)10-17/h4-7,12,17H,2-3,8-10H2,1H3,(H,15,18)/t12-/m1/s1. The summed E-state index contributed by atoms with van der Waals surface area (Å²) in [6.45, 7) is 1.33. The van der Waals surface area contributed by atoms with Crippen molar-refractivity contribution in [2.75, 3.05) is 32.1 Å². The first kappa shape index (κ1) is 13.8. The molecule has 1 atom stereocenters. The molecule has 2 rings (SSSR count). The minimum Gasteiger partial charge on any atom is -0.497 e. The Labute approximate surface area is 113 Å². The van der Waals surface area contributed by atoms with Gasteiger partial charge in [-0.25, -0.2) is 0 Å². The predicted molar refractivity (Wildman–Crippen MR) is 73.3 cm³/mol. The van der Waals surface area contributed by atoms with E-state index in [0.717, 1.165) is 30.8 Å². The first-order valence-electron chi connectivity index (χ1n) is 6.51. The fourth-order valence-electron chi connectivity index (χ4n) is 2.37. The van der Waals surface area contributed by atoms with Gasteiger partial charge in [0.15, 0.2) is 0 Å². The summed E-state index contributed by atoms with van der Waals surface area (Å²) in [6.07, 6.45) is 2.01. The van der Waals surface area contributed by atoms with Crippen molar-refractivity contribution in [3.05, 3.63) is 24.3 Å². The second-order valence-corrected chi connectivity index (χ2v) is 4.73. The minimum atomic E-state index is -0.0504. The molecule has 1 amide bonds. The van der Waals surface area contributed by atoms with E-state index in [1.54, 1.807) is 7.11 Å². The molecule has 2 N–H and O–H groups in total. The van der Waals surface area contributed by atoms with Crippen LogP contribution in [0.5, 0.6) is 5.75 Å². The monoisotopic (exact) mass is 264 g/mol. The number of ether oxygens (including phenoxy) is 1. The fourth-order valence-corrected chi connectivity index (χ4v) is 2.37. The number of carbonyl (C=O) groups is 1. The van der Waals surface area contributed by atoms with Gasteiger partial charge in [-0.2, -0.15) is 0 Å². The van der Waals surface area contributed by atoms with Crippen LogP contribution in [0.15, 0.2) is 24.3 Å². The van der Waals surface area contributed by atoms with Gasteiger partial charge in [0.25, 0.3) is 0 Å². The van der Waals surface area contributed by atoms with Gasteiger partial charge in [-0.3, -0.25) is 9.69 Å². The SMILES string of the molecule is COc1ccc(NC(=O)CN2CCC[C@@H]2CO)cc1. The van der Waals surface area contributed by atoms with Crippen molar-refractivity contribution in [1.82, 2.24) is 4.90 Å². The van der Waals surface area contributed by atoms with E-state index in [1.165, 1.54) is 0 Å². The lowest BCUT2D eigenvalue weighted by atomic mass is 10.2. The smallest absolute Gasteiger partial charge is 0.238 e. The lowest BCUT2D eigenvalue weighted by Crippen LogP contribution is -2.38. The van der Waals surface area contributed by atoms with Crippen molar-refractivity contribution in [2.45, 2.75) is 18.9 Å². The molecule has 5 nitrogen and oxygen atoms in total. The molecule has 1 heterocycles. The Balaban J connectivity index is 1.86. The van der Waals surface area contributed by atoms with Crippen LogP contribution in [0, 0.1) is 0 Å². The summed E-state index contributed by atoms with van der Waals surface area (Å²) in [7, 11) is 1.61. The first-order valence-corrected chi connectivity index (χ1v) is 6.51. The highest BCUT2D eigenvalue weighted by Gasteiger charge is 2.25. The van der Waals surface area contributed by atoms with E-state index in [1.807, 2.05) is 29.2 Å². The number of nitrogens with one attached hydrogen (secondary N) is 1. The number of aliphatic hydroxyl groups is 1. The third-order valence-electron chi connectivity index (χ3n) is 3.43. The van der Waals surface area contributed by atoms with Crippen molar-refractivity contribution < 1.29 is 14.6 Å². The topological polar surface area (TPSA) is 61.8 Å². The third-order valence-corrected chi connectivity index (χ3v) is 3.43. The van der Waals surface area contributed by atoms with E-state index >= 15 is 0 Å². The maximum absolute atomic E-state index is 11.9. The van der Waals surface area contributed by atoms with Gasteiger partial charge in [0.2, 0.25) is 5.91 Å². The predicted octanol–water partition coefficient (Wildman–Crippen LogP) is 1.09. The molecule has 104 valence electrons. The molecule has 0 aromatic heterocycles. The number of aliphatic hydroxyl groups excluding tert-OH is 1. The maximum Gasteiger partial charge on any atom is 0.238 e. The molecule has 1 saturated heterocycles. The van der Waals surface area contributed by atoms with E-state index in [-0.39, 0.29) is 18.6 Å². The van der Waals surface area contributed by atoms with E-state index in [0.29, 0.717) is 6.54 Å². The Morgan fingerprint density at radius 3 is 2.84 bits per heavy atom. The number of methoxy groups -OCH3 is 1. The number of benzene rings is 1. The van der Waals surface area contributed by atoms with E-state index in [4.69, 9.17) is 4.74 Å². The molecule has 1 aromatic rings. The quantitative estimate of drug-likeness (QED) is 0.835. The van der Waals surface area contributed by atoms with Gasteiger partial charge >= 0.3 is 0 Å². The molecule has 1 aliphatic heterocycles. The Hall–Kier alpha value is -1.59. The minimum absolute atomic E-state index is 0.0504. The number of amides is 1. The molecule has 0 unspecified atom stereocenters. The van der Waals surface area contributed by atoms with Gasteiger partial charge in [0.1, 0.15) is 5.75 Å². The normalized spacial score (nSPS) is 19.4. The molecule has 0 saturated carbocycles. The summed E-state index contributed by atoms with van der Waals surface area (Å²) < 4.78 is 5.06. The van der Waals surface area contributed by atoms with Crippen molar-refractivity contribution in [2.24, 2.45) is 0 Å². The number of hydrogen-bond acceptors (Lipinski definition) is 4. The summed E-state index contributed by atoms with van der Waals surface area (Å²) in [4.78, 5) is 13.9. The highest BCUT2D eigenvalue weighted by Crippen LogP contribution is 2.17. The lowest BCUT2D eigenvalue weighted by molar-refractivity contribution is -0.117. The molecule has 1 aromatic carbocycles. The van der Waals surface area contributed by atoms with Crippen molar-refractivity contribution in [1.29, 1.82) is 0 Å². The Kier molecular flexibility index (Phi) is 4.76. The van der Waals surface area contributed by atoms with Crippen LogP contribution in [0.2, 0.25) is 0 Å². The van der Waals surface area contributed by atoms with Crippen LogP contribution in [0.4, 0.5) is 5.69 Å². The van der Waals surface area contributed by atoms with Crippen LogP contribution in [0.25, 0.3) is 0 Å². The van der Waals surface area contributed by atoms with Crippen LogP contribution in [-0.4, -0.2) is 48.8 Å². The highest BCUT2D eigenvalue weighted by atomic mass is 16.5. The number of likely N-dealkylation sites (tertiary alicyclic amines) is 1. The maximum atomic E-state index is 11.9. The van der Waals surface area contributed by atoms with Crippen LogP contribution >= 0.6 is 0 Å². The Morgan fingerprint density at radius 2 is 2.21 bits per heavy atom. The molecule has 0 spiro atoms. The van der Waals surface area contributed by atoms with Gasteiger partial charge in [-0.15, -0.1) is 0 Å². The molecular weight excluding hydrogens is 244 g/mol. The van der Waals surface area contributed by atoms with E-state index in [9.17, 15) is 9.90 Å². The van der Waals surface area contributed by atoms with Gasteiger partial charge in [-0.1, -0.05) is 0 Å². The van der Waals surface area contributed by atoms with Crippen molar-refractivity contribution in [3.8, 4) is 5.75 Å². The molecule has 19 heavy (non-hydrogen) atoms. The lowest BCUT2D eigenvalue weighted by Gasteiger charge is -2.21. The van der Waals surface area contributed by atoms with Gasteiger partial charge in [0, 0.05) is 11.7 Å². The first-order chi connectivity index (χ1) is 9.22. The van der Waals surface area contributed by atoms with Crippen molar-refractivity contribution >= 4 is 11.6 Å². The molecule has 1 aliphatic rings. The summed E-state index contributed by atoms with van der Waals surface area (Å²) in [5.74, 6) is 0.711. The fraction of sp³-hybridized carbons (Fsp3) is 0.500. The zero-order valence-electron chi connectivity index (χ0n) is 11.1. The number of carbonyl (C=O) groups excluding carboxylic acids is 1. The van der Waals surface area contributed by atoms with Crippen LogP contribution in [0.3, 0.4) is 0 Å². The molecule has 5 heteroatoms. The number of hydrogen-bond donors (Lipinski definition) is 2. The zero-order chi connectivity index (χ0) is 13.7. The largest absolute Gasteiger partial charge is 0.497 e. The number of anilines is 1. The molecule has 0 aliphatic carbocycles. The second-order valence-electron chi connectivity index (χ2n) is 4.73. The summed E-state index contributed by atoms with van der Waals surface area (Å²) in [5, 5.41) is 12.1. The van der Waals surface area contributed by atoms with E-state index < -0.39 is 0 Å². The summed E-state index contributed by atoms with van der Waals surface area (Å²) in [5.41, 5.74) is 0.755. The summed E-state index contributed by atoms with van der Waals surface area (Å²) >= 11 is 0. The third kappa shape index (κ3) is 3.68. The average molecular weight is 264 g/mol. The Morgan fingerprint density at radius 1 is 1.47 bits per heavy atom. The van der Waals surface area contributed by atoms with Crippen LogP contribution < -0.4 is 10.1 Å². The highest BCUT2D eigenvalue weighted by molar-refractivity contribution is 5.92. The second kappa shape index (κ2) is 6.54. The van der Waals surface area contributed by atoms with E-state index in [2.05, 4.69) is 5.32 Å². The molecule has 0 bridgehead atoms. The average Bonchev–Trinajstić information content (AvgIpc) is 2.86. The molecular formula is C14H20N2O3. The van der Waals surface area contributed by atoms with Crippen LogP contribution in [-0.2, 0) is 4.79 Å².